The minimum Gasteiger partial charge on any atom is -0.126 e. The molecule has 0 N–H and O–H groups in total. The van der Waals surface area contributed by atoms with Gasteiger partial charge in [0.15, 0.2) is 0 Å². The van der Waals surface area contributed by atoms with Gasteiger partial charge in [0.05, 0.1) is 0 Å². The molecule has 1 rings (SSSR count). The van der Waals surface area contributed by atoms with Gasteiger partial charge in [-0.05, 0) is 29.9 Å². The van der Waals surface area contributed by atoms with E-state index in [-0.39, 0.29) is 0 Å². The minimum atomic E-state index is 0.613. The van der Waals surface area contributed by atoms with Gasteiger partial charge in [0.25, 0.3) is 0 Å². The van der Waals surface area contributed by atoms with Gasteiger partial charge >= 0.3 is 0 Å². The third kappa shape index (κ3) is 7.00. The van der Waals surface area contributed by atoms with E-state index in [4.69, 9.17) is 11.6 Å². The molecule has 0 nitrogen and oxygen atoms in total. The number of alkyl halides is 1. The third-order valence-electron chi connectivity index (χ3n) is 2.84. The Balaban J connectivity index is 2.05. The van der Waals surface area contributed by atoms with Crippen LogP contribution in [0.2, 0.25) is 0 Å². The van der Waals surface area contributed by atoms with Crippen molar-refractivity contribution >= 4 is 23.4 Å². The smallest absolute Gasteiger partial charge is 0.0474 e. The molecule has 0 aliphatic carbocycles. The van der Waals surface area contributed by atoms with Crippen LogP contribution < -0.4 is 0 Å². The molecule has 0 aliphatic heterocycles. The summed E-state index contributed by atoms with van der Waals surface area (Å²) in [6.07, 6.45) is 8.26. The van der Waals surface area contributed by atoms with E-state index >= 15 is 0 Å². The number of unbranched alkanes of at least 4 members (excludes halogenated alkanes) is 5. The van der Waals surface area contributed by atoms with E-state index in [0.717, 1.165) is 0 Å². The van der Waals surface area contributed by atoms with Crippen molar-refractivity contribution < 1.29 is 0 Å². The van der Waals surface area contributed by atoms with E-state index in [0.29, 0.717) is 5.88 Å². The van der Waals surface area contributed by atoms with Crippen LogP contribution in [0.15, 0.2) is 29.2 Å². The van der Waals surface area contributed by atoms with Crippen LogP contribution in [0.3, 0.4) is 0 Å². The highest BCUT2D eigenvalue weighted by Gasteiger charge is 1.95. The van der Waals surface area contributed by atoms with Crippen LogP contribution in [0.5, 0.6) is 0 Å². The number of hydrogen-bond acceptors (Lipinski definition) is 1. The summed E-state index contributed by atoms with van der Waals surface area (Å²) in [6.45, 7) is 2.26. The Labute approximate surface area is 115 Å². The van der Waals surface area contributed by atoms with E-state index in [1.807, 2.05) is 11.8 Å². The summed E-state index contributed by atoms with van der Waals surface area (Å²) in [4.78, 5) is 1.37. The molecule has 0 atom stereocenters. The van der Waals surface area contributed by atoms with Crippen molar-refractivity contribution in [3.8, 4) is 0 Å². The summed E-state index contributed by atoms with van der Waals surface area (Å²) in [7, 11) is 0. The number of rotatable bonds is 9. The molecule has 0 fully saturated rings. The van der Waals surface area contributed by atoms with Gasteiger partial charge in [-0.25, -0.2) is 0 Å². The predicted octanol–water partition coefficient (Wildman–Crippen LogP) is 5.88. The van der Waals surface area contributed by atoms with Crippen LogP contribution in [-0.2, 0) is 5.88 Å². The molecular formula is C15H23ClS. The van der Waals surface area contributed by atoms with E-state index in [2.05, 4.69) is 31.2 Å². The van der Waals surface area contributed by atoms with Gasteiger partial charge in [-0.1, -0.05) is 51.2 Å². The van der Waals surface area contributed by atoms with Crippen molar-refractivity contribution in [3.63, 3.8) is 0 Å². The number of hydrogen-bond donors (Lipinski definition) is 0. The molecule has 0 bridgehead atoms. The SMILES string of the molecule is CCCCCCCCSc1ccc(CCl)cc1. The molecule has 1 aromatic rings. The fraction of sp³-hybridized carbons (Fsp3) is 0.600. The molecule has 0 unspecified atom stereocenters. The first-order valence-electron chi connectivity index (χ1n) is 6.64. The largest absolute Gasteiger partial charge is 0.126 e. The first-order valence-corrected chi connectivity index (χ1v) is 8.16. The van der Waals surface area contributed by atoms with Gasteiger partial charge in [-0.2, -0.15) is 0 Å². The Morgan fingerprint density at radius 1 is 0.941 bits per heavy atom. The van der Waals surface area contributed by atoms with E-state index < -0.39 is 0 Å². The van der Waals surface area contributed by atoms with Gasteiger partial charge in [-0.3, -0.25) is 0 Å². The lowest BCUT2D eigenvalue weighted by Gasteiger charge is -2.03. The Morgan fingerprint density at radius 2 is 1.59 bits per heavy atom. The molecule has 0 aromatic heterocycles. The minimum absolute atomic E-state index is 0.613. The van der Waals surface area contributed by atoms with Crippen molar-refractivity contribution in [3.05, 3.63) is 29.8 Å². The van der Waals surface area contributed by atoms with Crippen LogP contribution in [0.25, 0.3) is 0 Å². The van der Waals surface area contributed by atoms with Crippen molar-refractivity contribution in [2.75, 3.05) is 5.75 Å². The van der Waals surface area contributed by atoms with Gasteiger partial charge in [-0.15, -0.1) is 23.4 Å². The van der Waals surface area contributed by atoms with Crippen molar-refractivity contribution in [1.29, 1.82) is 0 Å². The Morgan fingerprint density at radius 3 is 2.24 bits per heavy atom. The summed E-state index contributed by atoms with van der Waals surface area (Å²) in [5.74, 6) is 1.86. The zero-order valence-corrected chi connectivity index (χ0v) is 12.3. The molecule has 0 spiro atoms. The molecule has 0 amide bonds. The van der Waals surface area contributed by atoms with Gasteiger partial charge in [0, 0.05) is 10.8 Å². The second-order valence-corrected chi connectivity index (χ2v) is 5.83. The van der Waals surface area contributed by atoms with Gasteiger partial charge < -0.3 is 0 Å². The highest BCUT2D eigenvalue weighted by molar-refractivity contribution is 7.99. The summed E-state index contributed by atoms with van der Waals surface area (Å²) in [5.41, 5.74) is 1.20. The zero-order valence-electron chi connectivity index (χ0n) is 10.8. The predicted molar refractivity (Wildman–Crippen MR) is 80.1 cm³/mol. The third-order valence-corrected chi connectivity index (χ3v) is 4.25. The normalized spacial score (nSPS) is 10.7. The zero-order chi connectivity index (χ0) is 12.3. The lowest BCUT2D eigenvalue weighted by molar-refractivity contribution is 0.627. The fourth-order valence-electron chi connectivity index (χ4n) is 1.75. The van der Waals surface area contributed by atoms with Crippen LogP contribution >= 0.6 is 23.4 Å². The first kappa shape index (κ1) is 14.9. The summed E-state index contributed by atoms with van der Waals surface area (Å²) in [5, 5.41) is 0. The molecule has 17 heavy (non-hydrogen) atoms. The maximum atomic E-state index is 5.76. The Kier molecular flexibility index (Phi) is 8.64. The lowest BCUT2D eigenvalue weighted by atomic mass is 10.1. The standard InChI is InChI=1S/C15H23ClS/c1-2-3-4-5-6-7-12-17-15-10-8-14(13-16)9-11-15/h8-11H,2-7,12-13H2,1H3. The summed E-state index contributed by atoms with van der Waals surface area (Å²) in [6, 6.07) is 8.60. The van der Waals surface area contributed by atoms with Gasteiger partial charge in [0.1, 0.15) is 0 Å². The molecule has 2 heteroatoms. The average Bonchev–Trinajstić information content (AvgIpc) is 2.38. The fourth-order valence-corrected chi connectivity index (χ4v) is 2.84. The molecule has 0 aliphatic rings. The highest BCUT2D eigenvalue weighted by atomic mass is 35.5. The van der Waals surface area contributed by atoms with Gasteiger partial charge in [0.2, 0.25) is 0 Å². The van der Waals surface area contributed by atoms with Crippen molar-refractivity contribution in [1.82, 2.24) is 0 Å². The maximum Gasteiger partial charge on any atom is 0.0474 e. The maximum absolute atomic E-state index is 5.76. The second-order valence-electron chi connectivity index (χ2n) is 4.39. The average molecular weight is 271 g/mol. The van der Waals surface area contributed by atoms with E-state index in [1.54, 1.807) is 0 Å². The van der Waals surface area contributed by atoms with E-state index in [1.165, 1.54) is 54.7 Å². The monoisotopic (exact) mass is 270 g/mol. The lowest BCUT2D eigenvalue weighted by Crippen LogP contribution is -1.83. The second kappa shape index (κ2) is 9.85. The van der Waals surface area contributed by atoms with Crippen LogP contribution in [0, 0.1) is 0 Å². The number of benzene rings is 1. The van der Waals surface area contributed by atoms with Crippen molar-refractivity contribution in [2.45, 2.75) is 56.2 Å². The topological polar surface area (TPSA) is 0 Å². The van der Waals surface area contributed by atoms with Crippen LogP contribution in [0.1, 0.15) is 51.0 Å². The number of thioether (sulfide) groups is 1. The molecule has 96 valence electrons. The summed E-state index contributed by atoms with van der Waals surface area (Å²) >= 11 is 7.72. The first-order chi connectivity index (χ1) is 8.36. The van der Waals surface area contributed by atoms with Crippen molar-refractivity contribution in [2.24, 2.45) is 0 Å². The molecule has 1 aromatic carbocycles. The molecular weight excluding hydrogens is 248 g/mol. The Hall–Kier alpha value is -0.140. The quantitative estimate of drug-likeness (QED) is 0.307. The van der Waals surface area contributed by atoms with E-state index in [9.17, 15) is 0 Å². The highest BCUT2D eigenvalue weighted by Crippen LogP contribution is 2.21. The molecule has 0 heterocycles. The summed E-state index contributed by atoms with van der Waals surface area (Å²) < 4.78 is 0. The van der Waals surface area contributed by atoms with Crippen LogP contribution in [-0.4, -0.2) is 5.75 Å². The molecule has 0 saturated carbocycles. The molecule has 0 saturated heterocycles. The van der Waals surface area contributed by atoms with Crippen LogP contribution in [0.4, 0.5) is 0 Å². The molecule has 0 radical (unpaired) electrons. The number of halogens is 1. The Bertz CT molecular complexity index is 281.